The van der Waals surface area contributed by atoms with E-state index in [-0.39, 0.29) is 30.2 Å². The Balaban J connectivity index is 0.00000208. The highest BCUT2D eigenvalue weighted by atomic mass is 35.5. The minimum Gasteiger partial charge on any atom is -0.462 e. The molecule has 1 fully saturated rings. The van der Waals surface area contributed by atoms with E-state index in [1.807, 2.05) is 24.3 Å². The number of hydrogen-bond acceptors (Lipinski definition) is 5. The SMILES string of the molecule is CCOC(=O)c1cc2cc(NC(=O)C3CCNCC3)ccc2s1.Cl. The Morgan fingerprint density at radius 1 is 1.29 bits per heavy atom. The highest BCUT2D eigenvalue weighted by molar-refractivity contribution is 7.20. The Bertz CT molecular complexity index is 726. The van der Waals surface area contributed by atoms with Gasteiger partial charge in [-0.3, -0.25) is 4.79 Å². The lowest BCUT2D eigenvalue weighted by Crippen LogP contribution is -2.34. The van der Waals surface area contributed by atoms with Crippen molar-refractivity contribution >= 4 is 51.4 Å². The number of rotatable bonds is 4. The van der Waals surface area contributed by atoms with Gasteiger partial charge in [0.1, 0.15) is 4.88 Å². The van der Waals surface area contributed by atoms with E-state index < -0.39 is 0 Å². The number of anilines is 1. The number of benzene rings is 1. The Morgan fingerprint density at radius 2 is 2.04 bits per heavy atom. The van der Waals surface area contributed by atoms with Crippen LogP contribution in [0.15, 0.2) is 24.3 Å². The summed E-state index contributed by atoms with van der Waals surface area (Å²) in [7, 11) is 0. The molecule has 2 aromatic rings. The number of carbonyl (C=O) groups excluding carboxylic acids is 2. The van der Waals surface area contributed by atoms with Crippen LogP contribution < -0.4 is 10.6 Å². The van der Waals surface area contributed by atoms with Gasteiger partial charge in [0.05, 0.1) is 6.61 Å². The predicted molar refractivity (Wildman–Crippen MR) is 99.3 cm³/mol. The van der Waals surface area contributed by atoms with Gasteiger partial charge in [-0.1, -0.05) is 0 Å². The number of ether oxygens (including phenoxy) is 1. The lowest BCUT2D eigenvalue weighted by molar-refractivity contribution is -0.120. The molecule has 0 radical (unpaired) electrons. The molecule has 0 atom stereocenters. The van der Waals surface area contributed by atoms with Gasteiger partial charge in [0.25, 0.3) is 0 Å². The molecule has 7 heteroatoms. The molecule has 1 aliphatic rings. The van der Waals surface area contributed by atoms with Crippen molar-refractivity contribution < 1.29 is 14.3 Å². The van der Waals surface area contributed by atoms with E-state index in [0.717, 1.165) is 41.7 Å². The van der Waals surface area contributed by atoms with Crippen LogP contribution in [0.5, 0.6) is 0 Å². The summed E-state index contributed by atoms with van der Waals surface area (Å²) in [6.07, 6.45) is 1.75. The standard InChI is InChI=1S/C17H20N2O3S.ClH/c1-2-22-17(21)15-10-12-9-13(3-4-14(12)23-15)19-16(20)11-5-7-18-8-6-11;/h3-4,9-11,18H,2,5-8H2,1H3,(H,19,20);1H. The largest absolute Gasteiger partial charge is 0.462 e. The summed E-state index contributed by atoms with van der Waals surface area (Å²) in [5.41, 5.74) is 0.772. The summed E-state index contributed by atoms with van der Waals surface area (Å²) in [5, 5.41) is 7.19. The Kier molecular flexibility index (Phi) is 6.60. The third-order valence-corrected chi connectivity index (χ3v) is 5.07. The van der Waals surface area contributed by atoms with Crippen LogP contribution in [0.3, 0.4) is 0 Å². The fourth-order valence-electron chi connectivity index (χ4n) is 2.75. The summed E-state index contributed by atoms with van der Waals surface area (Å²) in [6.45, 7) is 3.94. The highest BCUT2D eigenvalue weighted by Gasteiger charge is 2.21. The molecule has 2 heterocycles. The lowest BCUT2D eigenvalue weighted by atomic mass is 9.97. The molecule has 1 saturated heterocycles. The van der Waals surface area contributed by atoms with Crippen molar-refractivity contribution in [1.29, 1.82) is 0 Å². The molecule has 1 amide bonds. The van der Waals surface area contributed by atoms with Crippen molar-refractivity contribution in [2.24, 2.45) is 5.92 Å². The molecule has 0 spiro atoms. The number of esters is 1. The van der Waals surface area contributed by atoms with Gasteiger partial charge in [0, 0.05) is 16.3 Å². The first-order valence-corrected chi connectivity index (χ1v) is 8.71. The van der Waals surface area contributed by atoms with E-state index >= 15 is 0 Å². The summed E-state index contributed by atoms with van der Waals surface area (Å²) in [4.78, 5) is 24.7. The fraction of sp³-hybridized carbons (Fsp3) is 0.412. The van der Waals surface area contributed by atoms with Gasteiger partial charge in [0.2, 0.25) is 5.91 Å². The van der Waals surface area contributed by atoms with Gasteiger partial charge < -0.3 is 15.4 Å². The molecule has 1 aromatic carbocycles. The molecule has 130 valence electrons. The first kappa shape index (κ1) is 18.7. The van der Waals surface area contributed by atoms with Crippen LogP contribution in [0.25, 0.3) is 10.1 Å². The molecule has 3 rings (SSSR count). The zero-order chi connectivity index (χ0) is 16.2. The number of piperidine rings is 1. The number of hydrogen-bond donors (Lipinski definition) is 2. The molecule has 1 aliphatic heterocycles. The number of nitrogens with one attached hydrogen (secondary N) is 2. The maximum atomic E-state index is 12.3. The summed E-state index contributed by atoms with van der Waals surface area (Å²) in [6, 6.07) is 7.54. The molecule has 0 bridgehead atoms. The van der Waals surface area contributed by atoms with Crippen LogP contribution >= 0.6 is 23.7 Å². The van der Waals surface area contributed by atoms with Crippen molar-refractivity contribution in [3.8, 4) is 0 Å². The maximum absolute atomic E-state index is 12.3. The Labute approximate surface area is 151 Å². The van der Waals surface area contributed by atoms with Crippen molar-refractivity contribution in [2.45, 2.75) is 19.8 Å². The molecule has 0 aliphatic carbocycles. The third-order valence-electron chi connectivity index (χ3n) is 3.97. The first-order chi connectivity index (χ1) is 11.2. The van der Waals surface area contributed by atoms with Gasteiger partial charge in [0.15, 0.2) is 0 Å². The molecule has 2 N–H and O–H groups in total. The maximum Gasteiger partial charge on any atom is 0.348 e. The average molecular weight is 369 g/mol. The molecule has 24 heavy (non-hydrogen) atoms. The normalized spacial score (nSPS) is 14.9. The quantitative estimate of drug-likeness (QED) is 0.811. The lowest BCUT2D eigenvalue weighted by Gasteiger charge is -2.21. The van der Waals surface area contributed by atoms with Crippen molar-refractivity contribution in [2.75, 3.05) is 25.0 Å². The van der Waals surface area contributed by atoms with E-state index in [1.54, 1.807) is 6.92 Å². The number of thiophene rings is 1. The van der Waals surface area contributed by atoms with Crippen LogP contribution in [0.2, 0.25) is 0 Å². The third kappa shape index (κ3) is 4.26. The van der Waals surface area contributed by atoms with Crippen LogP contribution in [0, 0.1) is 5.92 Å². The van der Waals surface area contributed by atoms with E-state index in [9.17, 15) is 9.59 Å². The van der Waals surface area contributed by atoms with Crippen LogP contribution in [0.4, 0.5) is 5.69 Å². The molecular weight excluding hydrogens is 348 g/mol. The number of halogens is 1. The van der Waals surface area contributed by atoms with Gasteiger partial charge in [-0.05, 0) is 62.5 Å². The highest BCUT2D eigenvalue weighted by Crippen LogP contribution is 2.29. The first-order valence-electron chi connectivity index (χ1n) is 7.89. The summed E-state index contributed by atoms with van der Waals surface area (Å²) in [5.74, 6) is -0.148. The summed E-state index contributed by atoms with van der Waals surface area (Å²) >= 11 is 1.41. The Hall–Kier alpha value is -1.63. The molecular formula is C17H21ClN2O3S. The van der Waals surface area contributed by atoms with E-state index in [1.165, 1.54) is 11.3 Å². The molecule has 0 saturated carbocycles. The molecule has 5 nitrogen and oxygen atoms in total. The average Bonchev–Trinajstić information content (AvgIpc) is 2.99. The minimum absolute atomic E-state index is 0. The van der Waals surface area contributed by atoms with E-state index in [0.29, 0.717) is 11.5 Å². The Morgan fingerprint density at radius 3 is 2.75 bits per heavy atom. The second-order valence-electron chi connectivity index (χ2n) is 5.60. The zero-order valence-corrected chi connectivity index (χ0v) is 15.1. The second-order valence-corrected chi connectivity index (χ2v) is 6.68. The smallest absolute Gasteiger partial charge is 0.348 e. The minimum atomic E-state index is -0.297. The second kappa shape index (κ2) is 8.46. The molecule has 0 unspecified atom stereocenters. The monoisotopic (exact) mass is 368 g/mol. The fourth-order valence-corrected chi connectivity index (χ4v) is 3.69. The zero-order valence-electron chi connectivity index (χ0n) is 13.5. The topological polar surface area (TPSA) is 67.4 Å². The number of carbonyl (C=O) groups is 2. The van der Waals surface area contributed by atoms with Crippen LogP contribution in [0.1, 0.15) is 29.4 Å². The summed E-state index contributed by atoms with van der Waals surface area (Å²) < 4.78 is 6.03. The molecule has 1 aromatic heterocycles. The van der Waals surface area contributed by atoms with Gasteiger partial charge in [-0.2, -0.15) is 0 Å². The number of fused-ring (bicyclic) bond motifs is 1. The van der Waals surface area contributed by atoms with Crippen molar-refractivity contribution in [3.05, 3.63) is 29.1 Å². The van der Waals surface area contributed by atoms with Crippen molar-refractivity contribution in [1.82, 2.24) is 5.32 Å². The van der Waals surface area contributed by atoms with Crippen molar-refractivity contribution in [3.63, 3.8) is 0 Å². The van der Waals surface area contributed by atoms with Gasteiger partial charge >= 0.3 is 5.97 Å². The van der Waals surface area contributed by atoms with Crippen LogP contribution in [-0.2, 0) is 9.53 Å². The predicted octanol–water partition coefficient (Wildman–Crippen LogP) is 3.44. The number of amides is 1. The van der Waals surface area contributed by atoms with Crippen LogP contribution in [-0.4, -0.2) is 31.6 Å². The van der Waals surface area contributed by atoms with E-state index in [4.69, 9.17) is 4.74 Å². The van der Waals surface area contributed by atoms with Gasteiger partial charge in [-0.15, -0.1) is 23.7 Å². The van der Waals surface area contributed by atoms with E-state index in [2.05, 4.69) is 10.6 Å². The van der Waals surface area contributed by atoms with Gasteiger partial charge in [-0.25, -0.2) is 4.79 Å².